The average Bonchev–Trinajstić information content (AvgIpc) is 2.82. The first-order chi connectivity index (χ1) is 15.6. The molecule has 32 heavy (non-hydrogen) atoms. The fraction of sp³-hybridized carbons (Fsp3) is 0.500. The minimum absolute atomic E-state index is 0.208. The number of carbonyl (C=O) groups is 1. The Kier molecular flexibility index (Phi) is 6.81. The summed E-state index contributed by atoms with van der Waals surface area (Å²) in [6.07, 6.45) is 1.73. The van der Waals surface area contributed by atoms with Gasteiger partial charge < -0.3 is 29.7 Å². The molecule has 4 unspecified atom stereocenters. The third-order valence-electron chi connectivity index (χ3n) is 5.50. The Labute approximate surface area is 184 Å². The highest BCUT2D eigenvalue weighted by atomic mass is 19.1. The van der Waals surface area contributed by atoms with Gasteiger partial charge in [-0.05, 0) is 31.0 Å². The number of rotatable bonds is 6. The molecule has 4 atom stereocenters. The van der Waals surface area contributed by atoms with E-state index in [0.717, 1.165) is 0 Å². The Morgan fingerprint density at radius 2 is 2.28 bits per heavy atom. The third-order valence-corrected chi connectivity index (χ3v) is 5.50. The van der Waals surface area contributed by atoms with Crippen LogP contribution in [0.25, 0.3) is 0 Å². The highest BCUT2D eigenvalue weighted by Crippen LogP contribution is 2.29. The van der Waals surface area contributed by atoms with Crippen molar-refractivity contribution in [3.63, 3.8) is 0 Å². The zero-order valence-electron chi connectivity index (χ0n) is 17.6. The number of anilines is 2. The van der Waals surface area contributed by atoms with Crippen LogP contribution in [0.3, 0.4) is 0 Å². The molecule has 0 aliphatic carbocycles. The minimum atomic E-state index is -1.51. The van der Waals surface area contributed by atoms with Gasteiger partial charge in [-0.2, -0.15) is 0 Å². The molecular weight excluding hydrogens is 421 g/mol. The molecule has 4 heterocycles. The van der Waals surface area contributed by atoms with Crippen molar-refractivity contribution in [2.45, 2.75) is 37.6 Å². The van der Waals surface area contributed by atoms with Crippen molar-refractivity contribution in [2.24, 2.45) is 0 Å². The highest BCUT2D eigenvalue weighted by molar-refractivity contribution is 5.65. The number of alkyl halides is 1. The van der Waals surface area contributed by atoms with Gasteiger partial charge in [0.05, 0.1) is 18.8 Å². The minimum Gasteiger partial charge on any atom is -0.480 e. The molecule has 4 rings (SSSR count). The Balaban J connectivity index is 1.58. The molecule has 0 aromatic carbocycles. The van der Waals surface area contributed by atoms with Crippen molar-refractivity contribution in [3.8, 4) is 5.88 Å². The first kappa shape index (κ1) is 22.0. The van der Waals surface area contributed by atoms with Gasteiger partial charge in [0.1, 0.15) is 18.4 Å². The van der Waals surface area contributed by atoms with Gasteiger partial charge in [0, 0.05) is 32.0 Å². The fourth-order valence-electron chi connectivity index (χ4n) is 4.05. The zero-order chi connectivity index (χ0) is 22.5. The van der Waals surface area contributed by atoms with Crippen LogP contribution in [-0.2, 0) is 4.74 Å². The summed E-state index contributed by atoms with van der Waals surface area (Å²) in [6, 6.07) is 4.90. The number of methoxy groups -OCH3 is 1. The number of pyridine rings is 1. The van der Waals surface area contributed by atoms with E-state index < -0.39 is 24.8 Å². The lowest BCUT2D eigenvalue weighted by Gasteiger charge is -2.46. The van der Waals surface area contributed by atoms with E-state index in [4.69, 9.17) is 9.47 Å². The second-order valence-corrected chi connectivity index (χ2v) is 7.53. The maximum Gasteiger partial charge on any atom is 0.407 e. The number of hydrogen-bond donors (Lipinski definition) is 3. The van der Waals surface area contributed by atoms with Crippen molar-refractivity contribution in [3.05, 3.63) is 36.9 Å². The van der Waals surface area contributed by atoms with Gasteiger partial charge in [0.25, 0.3) is 0 Å². The average molecular weight is 447 g/mol. The van der Waals surface area contributed by atoms with Crippen molar-refractivity contribution >= 4 is 17.6 Å². The summed E-state index contributed by atoms with van der Waals surface area (Å²) in [7, 11) is 1.52. The molecule has 2 aliphatic heterocycles. The molecule has 0 bridgehead atoms. The highest BCUT2D eigenvalue weighted by Gasteiger charge is 2.41. The van der Waals surface area contributed by atoms with Gasteiger partial charge in [-0.3, -0.25) is 5.32 Å². The zero-order valence-corrected chi connectivity index (χ0v) is 17.6. The van der Waals surface area contributed by atoms with E-state index in [9.17, 15) is 9.90 Å². The van der Waals surface area contributed by atoms with Crippen LogP contribution in [0.15, 0.2) is 36.9 Å². The topological polar surface area (TPSA) is 125 Å². The summed E-state index contributed by atoms with van der Waals surface area (Å²) in [5.41, 5.74) is 0.612. The van der Waals surface area contributed by atoms with E-state index in [1.807, 2.05) is 0 Å². The number of hydrogen-bond acceptors (Lipinski definition) is 9. The van der Waals surface area contributed by atoms with Crippen molar-refractivity contribution in [2.75, 3.05) is 37.0 Å². The second kappa shape index (κ2) is 9.92. The molecule has 2 fully saturated rings. The van der Waals surface area contributed by atoms with Crippen LogP contribution in [0.5, 0.6) is 5.88 Å². The molecule has 12 heteroatoms. The number of nitrogens with zero attached hydrogens (tertiary/aromatic N) is 5. The van der Waals surface area contributed by atoms with Crippen LogP contribution in [0.2, 0.25) is 0 Å². The van der Waals surface area contributed by atoms with E-state index in [-0.39, 0.29) is 19.1 Å². The van der Waals surface area contributed by atoms with Crippen molar-refractivity contribution in [1.29, 1.82) is 0 Å². The van der Waals surface area contributed by atoms with Crippen LogP contribution in [0.1, 0.15) is 12.8 Å². The predicted octanol–water partition coefficient (Wildman–Crippen LogP) is 1.51. The monoisotopic (exact) mass is 447 g/mol. The quantitative estimate of drug-likeness (QED) is 0.561. The van der Waals surface area contributed by atoms with E-state index in [0.29, 0.717) is 36.8 Å². The Bertz CT molecular complexity index is 909. The maximum atomic E-state index is 15.1. The Hall–Kier alpha value is -3.25. The van der Waals surface area contributed by atoms with Crippen LogP contribution in [0.4, 0.5) is 20.7 Å². The number of halogens is 1. The largest absolute Gasteiger partial charge is 0.480 e. The molecule has 2 aromatic heterocycles. The predicted molar refractivity (Wildman–Crippen MR) is 113 cm³/mol. The third kappa shape index (κ3) is 4.81. The molecule has 1 amide bonds. The van der Waals surface area contributed by atoms with Gasteiger partial charge in [-0.1, -0.05) is 0 Å². The lowest BCUT2D eigenvalue weighted by Crippen LogP contribution is -2.63. The SMILES string of the molecule is COc1ncccc1NC1CNC(F)C(N(c2ccncn2)C2CCCN(C(=O)O)C2)O1. The number of likely N-dealkylation sites (tertiary alicyclic amines) is 1. The molecule has 0 saturated carbocycles. The first-order valence-corrected chi connectivity index (χ1v) is 10.4. The number of morpholine rings is 1. The molecular formula is C20H26FN7O4. The molecule has 0 spiro atoms. The number of ether oxygens (including phenoxy) is 2. The molecule has 2 aromatic rings. The number of aromatic nitrogens is 3. The molecule has 2 saturated heterocycles. The van der Waals surface area contributed by atoms with Crippen LogP contribution in [-0.4, -0.2) is 82.6 Å². The number of nitrogens with one attached hydrogen (secondary N) is 2. The molecule has 2 aliphatic rings. The Morgan fingerprint density at radius 1 is 1.41 bits per heavy atom. The van der Waals surface area contributed by atoms with Crippen molar-refractivity contribution < 1.29 is 23.8 Å². The Morgan fingerprint density at radius 3 is 3.03 bits per heavy atom. The lowest BCUT2D eigenvalue weighted by molar-refractivity contribution is -0.0902. The van der Waals surface area contributed by atoms with Crippen molar-refractivity contribution in [1.82, 2.24) is 25.2 Å². The van der Waals surface area contributed by atoms with E-state index in [1.165, 1.54) is 18.3 Å². The smallest absolute Gasteiger partial charge is 0.407 e. The second-order valence-electron chi connectivity index (χ2n) is 7.53. The van der Waals surface area contributed by atoms with Gasteiger partial charge >= 0.3 is 6.09 Å². The number of piperidine rings is 1. The number of carboxylic acid groups (broad SMARTS) is 1. The number of amides is 1. The van der Waals surface area contributed by atoms with E-state index in [1.54, 1.807) is 35.5 Å². The van der Waals surface area contributed by atoms with Crippen LogP contribution in [0, 0.1) is 0 Å². The van der Waals surface area contributed by atoms with E-state index in [2.05, 4.69) is 25.6 Å². The van der Waals surface area contributed by atoms with Gasteiger partial charge in [0.15, 0.2) is 12.5 Å². The molecule has 3 N–H and O–H groups in total. The standard InChI is InChI=1S/C20H26FN7O4/c1-31-18-14(5-2-7-23-18)26-16-10-24-17(21)19(32-16)28(15-6-8-22-12-25-15)13-4-3-9-27(11-13)20(29)30/h2,5-8,12-13,16-17,19,24,26H,3-4,9-11H2,1H3,(H,29,30). The first-order valence-electron chi connectivity index (χ1n) is 10.4. The maximum absolute atomic E-state index is 15.1. The summed E-state index contributed by atoms with van der Waals surface area (Å²) < 4.78 is 26.5. The van der Waals surface area contributed by atoms with Crippen LogP contribution < -0.4 is 20.3 Å². The van der Waals surface area contributed by atoms with Crippen LogP contribution >= 0.6 is 0 Å². The normalized spacial score (nSPS) is 25.8. The summed E-state index contributed by atoms with van der Waals surface area (Å²) in [5.74, 6) is 0.860. The molecule has 11 nitrogen and oxygen atoms in total. The van der Waals surface area contributed by atoms with Gasteiger partial charge in [-0.15, -0.1) is 0 Å². The summed E-state index contributed by atoms with van der Waals surface area (Å²) >= 11 is 0. The summed E-state index contributed by atoms with van der Waals surface area (Å²) in [5, 5.41) is 15.5. The summed E-state index contributed by atoms with van der Waals surface area (Å²) in [6.45, 7) is 0.872. The molecule has 0 radical (unpaired) electrons. The molecule has 172 valence electrons. The van der Waals surface area contributed by atoms with Gasteiger partial charge in [-0.25, -0.2) is 24.1 Å². The lowest BCUT2D eigenvalue weighted by atomic mass is 10.0. The van der Waals surface area contributed by atoms with E-state index >= 15 is 4.39 Å². The van der Waals surface area contributed by atoms with Gasteiger partial charge in [0.2, 0.25) is 5.88 Å². The summed E-state index contributed by atoms with van der Waals surface area (Å²) in [4.78, 5) is 27.0. The fourth-order valence-corrected chi connectivity index (χ4v) is 4.05.